The lowest BCUT2D eigenvalue weighted by atomic mass is 9.65. The molecule has 82 valence electrons. The molecule has 0 saturated heterocycles. The monoisotopic (exact) mass is 292 g/mol. The number of aromatic amines is 1. The van der Waals surface area contributed by atoms with E-state index in [9.17, 15) is 0 Å². The number of nitrogens with one attached hydrogen (secondary N) is 1. The Kier molecular flexibility index (Phi) is 3.70. The lowest BCUT2D eigenvalue weighted by Crippen LogP contribution is -2.39. The molecule has 1 aromatic heterocycles. The van der Waals surface area contributed by atoms with Crippen LogP contribution in [0.1, 0.15) is 0 Å². The number of aromatic nitrogens is 2. The third-order valence-electron chi connectivity index (χ3n) is 2.13. The van der Waals surface area contributed by atoms with E-state index in [2.05, 4.69) is 9.97 Å². The topological polar surface area (TPSA) is 28.7 Å². The van der Waals surface area contributed by atoms with E-state index >= 15 is 0 Å². The Morgan fingerprint density at radius 1 is 1.19 bits per heavy atom. The average Bonchev–Trinajstić information content (AvgIpc) is 2.68. The summed E-state index contributed by atoms with van der Waals surface area (Å²) in [5.74, 6) is 0. The fourth-order valence-corrected chi connectivity index (χ4v) is 2.43. The first-order valence-corrected chi connectivity index (χ1v) is 5.95. The van der Waals surface area contributed by atoms with Gasteiger partial charge in [0.05, 0.1) is 16.4 Å². The van der Waals surface area contributed by atoms with Gasteiger partial charge in [-0.1, -0.05) is 46.9 Å². The van der Waals surface area contributed by atoms with Crippen molar-refractivity contribution < 1.29 is 0 Å². The lowest BCUT2D eigenvalue weighted by molar-refractivity contribution is 1.32. The molecule has 7 heteroatoms. The minimum Gasteiger partial charge on any atom is -0.353 e. The Balaban J connectivity index is 2.46. The number of hydrogen-bond acceptors (Lipinski definition) is 1. The van der Waals surface area contributed by atoms with Crippen LogP contribution in [-0.4, -0.2) is 16.1 Å². The molecule has 0 aliphatic heterocycles. The molecule has 0 fully saturated rings. The van der Waals surface area contributed by atoms with Crippen molar-refractivity contribution in [3.63, 3.8) is 0 Å². The molecule has 0 saturated carbocycles. The van der Waals surface area contributed by atoms with Crippen LogP contribution < -0.4 is 11.1 Å². The van der Waals surface area contributed by atoms with Crippen LogP contribution in [0, 0.1) is 0 Å². The molecule has 0 aliphatic rings. The summed E-state index contributed by atoms with van der Waals surface area (Å²) < 4.78 is 0. The van der Waals surface area contributed by atoms with Gasteiger partial charge in [0, 0.05) is 5.59 Å². The SMILES string of the molecule is ClB(c1cccc(Cl)c1Cl)c1[nH]cnc1Cl. The van der Waals surface area contributed by atoms with Gasteiger partial charge in [0.25, 0.3) is 0 Å². The van der Waals surface area contributed by atoms with Crippen molar-refractivity contribution >= 4 is 63.4 Å². The van der Waals surface area contributed by atoms with E-state index in [1.165, 1.54) is 6.33 Å². The van der Waals surface area contributed by atoms with Crippen LogP contribution in [0.4, 0.5) is 0 Å². The summed E-state index contributed by atoms with van der Waals surface area (Å²) in [5, 5.41) is 1.21. The van der Waals surface area contributed by atoms with Crippen molar-refractivity contribution in [3.8, 4) is 0 Å². The van der Waals surface area contributed by atoms with Crippen molar-refractivity contribution in [1.29, 1.82) is 0 Å². The van der Waals surface area contributed by atoms with E-state index in [1.807, 2.05) is 0 Å². The van der Waals surface area contributed by atoms with Crippen molar-refractivity contribution in [1.82, 2.24) is 9.97 Å². The molecule has 0 spiro atoms. The van der Waals surface area contributed by atoms with Crippen LogP contribution in [-0.2, 0) is 0 Å². The minimum absolute atomic E-state index is 0.330. The average molecular weight is 294 g/mol. The molecule has 2 aromatic rings. The van der Waals surface area contributed by atoms with Crippen LogP contribution in [0.2, 0.25) is 15.2 Å². The zero-order valence-corrected chi connectivity index (χ0v) is 10.9. The van der Waals surface area contributed by atoms with Crippen LogP contribution in [0.15, 0.2) is 24.5 Å². The summed E-state index contributed by atoms with van der Waals surface area (Å²) in [5.41, 5.74) is 1.30. The smallest absolute Gasteiger partial charge is 0.338 e. The molecular weight excluding hydrogens is 289 g/mol. The summed E-state index contributed by atoms with van der Waals surface area (Å²) in [4.78, 5) is 6.74. The third-order valence-corrected chi connectivity index (χ3v) is 3.72. The normalized spacial score (nSPS) is 10.5. The number of imidazole rings is 1. The van der Waals surface area contributed by atoms with Crippen LogP contribution in [0.3, 0.4) is 0 Å². The Hall–Kier alpha value is -0.345. The fourth-order valence-electron chi connectivity index (χ4n) is 1.34. The summed E-state index contributed by atoms with van der Waals surface area (Å²) in [6.07, 6.45) is 0.979. The molecule has 16 heavy (non-hydrogen) atoms. The van der Waals surface area contributed by atoms with E-state index in [0.717, 1.165) is 0 Å². The van der Waals surface area contributed by atoms with Gasteiger partial charge in [-0.15, -0.1) is 0 Å². The minimum atomic E-state index is -0.499. The van der Waals surface area contributed by atoms with Crippen molar-refractivity contribution in [2.75, 3.05) is 0 Å². The largest absolute Gasteiger partial charge is 0.353 e. The van der Waals surface area contributed by atoms with E-state index in [4.69, 9.17) is 46.3 Å². The number of rotatable bonds is 2. The van der Waals surface area contributed by atoms with Gasteiger partial charge in [-0.25, -0.2) is 4.98 Å². The first kappa shape index (κ1) is 12.1. The third kappa shape index (κ3) is 2.18. The van der Waals surface area contributed by atoms with Crippen LogP contribution >= 0.6 is 46.3 Å². The fraction of sp³-hybridized carbons (Fsp3) is 0. The maximum atomic E-state index is 6.26. The lowest BCUT2D eigenvalue weighted by Gasteiger charge is -2.08. The molecule has 0 amide bonds. The quantitative estimate of drug-likeness (QED) is 0.848. The summed E-state index contributed by atoms with van der Waals surface area (Å²) in [6.45, 7) is 0. The van der Waals surface area contributed by atoms with Gasteiger partial charge in [0.2, 0.25) is 0 Å². The number of halogens is 4. The summed E-state index contributed by atoms with van der Waals surface area (Å²) >= 11 is 24.1. The molecule has 1 heterocycles. The Bertz CT molecular complexity index is 514. The van der Waals surface area contributed by atoms with Crippen molar-refractivity contribution in [3.05, 3.63) is 39.7 Å². The van der Waals surface area contributed by atoms with Crippen molar-refractivity contribution in [2.24, 2.45) is 0 Å². The van der Waals surface area contributed by atoms with Gasteiger partial charge in [0.1, 0.15) is 5.15 Å². The Morgan fingerprint density at radius 2 is 1.94 bits per heavy atom. The zero-order chi connectivity index (χ0) is 11.7. The maximum absolute atomic E-state index is 6.26. The second-order valence-corrected chi connectivity index (χ2v) is 4.69. The summed E-state index contributed by atoms with van der Waals surface area (Å²) in [7, 11) is 0. The summed E-state index contributed by atoms with van der Waals surface area (Å²) in [6, 6.07) is 5.28. The Labute approximate surface area is 113 Å². The van der Waals surface area contributed by atoms with Crippen LogP contribution in [0.25, 0.3) is 0 Å². The first-order chi connectivity index (χ1) is 7.61. The van der Waals surface area contributed by atoms with E-state index in [0.29, 0.717) is 26.3 Å². The van der Waals surface area contributed by atoms with Gasteiger partial charge in [-0.2, -0.15) is 11.5 Å². The first-order valence-electron chi connectivity index (χ1n) is 4.38. The molecule has 1 N–H and O–H groups in total. The highest BCUT2D eigenvalue weighted by Gasteiger charge is 2.24. The van der Waals surface area contributed by atoms with Gasteiger partial charge in [-0.05, 0) is 11.5 Å². The predicted octanol–water partition coefficient (Wildman–Crippen LogP) is 2.71. The molecule has 0 radical (unpaired) electrons. The standard InChI is InChI=1S/C9H5BCl4N2/c11-6-3-1-2-5(7(6)12)10(14)8-9(13)16-4-15-8/h1-4H,(H,15,16). The van der Waals surface area contributed by atoms with Gasteiger partial charge < -0.3 is 4.98 Å². The molecule has 0 unspecified atom stereocenters. The van der Waals surface area contributed by atoms with Gasteiger partial charge in [-0.3, -0.25) is 0 Å². The maximum Gasteiger partial charge on any atom is 0.338 e. The Morgan fingerprint density at radius 3 is 2.56 bits per heavy atom. The highest BCUT2D eigenvalue weighted by Crippen LogP contribution is 2.20. The molecule has 2 nitrogen and oxygen atoms in total. The van der Waals surface area contributed by atoms with Gasteiger partial charge in [0.15, 0.2) is 0 Å². The predicted molar refractivity (Wildman–Crippen MR) is 70.9 cm³/mol. The highest BCUT2D eigenvalue weighted by atomic mass is 35.5. The van der Waals surface area contributed by atoms with Gasteiger partial charge >= 0.3 is 6.13 Å². The number of nitrogens with zero attached hydrogens (tertiary/aromatic N) is 1. The molecule has 0 atom stereocenters. The highest BCUT2D eigenvalue weighted by molar-refractivity contribution is 7.22. The molecule has 2 rings (SSSR count). The molecule has 1 aromatic carbocycles. The number of hydrogen-bond donors (Lipinski definition) is 1. The van der Waals surface area contributed by atoms with E-state index in [-0.39, 0.29) is 0 Å². The second-order valence-electron chi connectivity index (χ2n) is 3.11. The zero-order valence-electron chi connectivity index (χ0n) is 7.85. The number of benzene rings is 1. The van der Waals surface area contributed by atoms with E-state index < -0.39 is 6.13 Å². The molecule has 0 aliphatic carbocycles. The molecule has 0 bridgehead atoms. The van der Waals surface area contributed by atoms with E-state index in [1.54, 1.807) is 18.2 Å². The van der Waals surface area contributed by atoms with Crippen molar-refractivity contribution in [2.45, 2.75) is 0 Å². The number of H-pyrrole nitrogens is 1. The second kappa shape index (κ2) is 4.88. The van der Waals surface area contributed by atoms with Crippen LogP contribution in [0.5, 0.6) is 0 Å². The molecular formula is C9H5BCl4N2.